The maximum Gasteiger partial charge on any atom is 0.328 e. The Morgan fingerprint density at radius 3 is 2.06 bits per heavy atom. The molecular formula is C13H20N2O3. The summed E-state index contributed by atoms with van der Waals surface area (Å²) in [6, 6.07) is -0.749. The number of hydrogen-bond donors (Lipinski definition) is 2. The summed E-state index contributed by atoms with van der Waals surface area (Å²) >= 11 is 0. The third kappa shape index (κ3) is 2.44. The second-order valence-electron chi connectivity index (χ2n) is 5.23. The van der Waals surface area contributed by atoms with Crippen molar-refractivity contribution in [3.8, 4) is 0 Å². The number of hydrogen-bond acceptors (Lipinski definition) is 3. The minimum absolute atomic E-state index is 0.163. The van der Waals surface area contributed by atoms with Crippen molar-refractivity contribution in [2.24, 2.45) is 17.3 Å². The van der Waals surface area contributed by atoms with Crippen LogP contribution >= 0.6 is 0 Å². The van der Waals surface area contributed by atoms with E-state index in [0.717, 1.165) is 6.42 Å². The normalized spacial score (nSPS) is 20.3. The molecule has 0 saturated carbocycles. The monoisotopic (exact) mass is 252 g/mol. The fraction of sp³-hybridized carbons (Fsp3) is 0.615. The minimum atomic E-state index is -1.22. The fourth-order valence-electron chi connectivity index (χ4n) is 2.53. The summed E-state index contributed by atoms with van der Waals surface area (Å²) in [7, 11) is 0. The van der Waals surface area contributed by atoms with Gasteiger partial charge >= 0.3 is 6.03 Å². The standard InChI is InChI=1S/C13H20N2O3/c1-5-6-13(9(4)7-8(2)3)10(16)14-12(18)15-11(13)17/h5,8-9H,1,6-7H2,2-4H3,(H2,14,15,16,17,18). The SMILES string of the molecule is C=CCC1(C(C)CC(C)C)C(=O)NC(=O)NC1=O. The molecule has 1 saturated heterocycles. The molecule has 0 radical (unpaired) electrons. The van der Waals surface area contributed by atoms with Crippen molar-refractivity contribution in [1.29, 1.82) is 0 Å². The number of carbonyl (C=O) groups excluding carboxylic acids is 3. The van der Waals surface area contributed by atoms with Crippen LogP contribution in [0.25, 0.3) is 0 Å². The summed E-state index contributed by atoms with van der Waals surface area (Å²) in [4.78, 5) is 35.3. The predicted molar refractivity (Wildman–Crippen MR) is 67.5 cm³/mol. The van der Waals surface area contributed by atoms with Crippen LogP contribution in [-0.2, 0) is 9.59 Å². The van der Waals surface area contributed by atoms with E-state index in [0.29, 0.717) is 5.92 Å². The average Bonchev–Trinajstić information content (AvgIpc) is 2.22. The lowest BCUT2D eigenvalue weighted by Gasteiger charge is -2.38. The molecule has 1 heterocycles. The van der Waals surface area contributed by atoms with Gasteiger partial charge in [-0.1, -0.05) is 26.8 Å². The van der Waals surface area contributed by atoms with Gasteiger partial charge in [-0.05, 0) is 24.7 Å². The van der Waals surface area contributed by atoms with E-state index in [-0.39, 0.29) is 12.3 Å². The van der Waals surface area contributed by atoms with Gasteiger partial charge in [-0.25, -0.2) is 4.79 Å². The number of allylic oxidation sites excluding steroid dienone is 1. The van der Waals surface area contributed by atoms with Crippen LogP contribution in [-0.4, -0.2) is 17.8 Å². The molecule has 0 spiro atoms. The average molecular weight is 252 g/mol. The molecule has 1 rings (SSSR count). The van der Waals surface area contributed by atoms with E-state index in [2.05, 4.69) is 17.2 Å². The molecule has 1 aliphatic rings. The third-order valence-electron chi connectivity index (χ3n) is 3.40. The number of nitrogens with one attached hydrogen (secondary N) is 2. The summed E-state index contributed by atoms with van der Waals surface area (Å²) in [5, 5.41) is 4.36. The van der Waals surface area contributed by atoms with Crippen LogP contribution in [0.1, 0.15) is 33.6 Å². The first-order valence-corrected chi connectivity index (χ1v) is 6.12. The Kier molecular flexibility index (Phi) is 4.27. The molecule has 18 heavy (non-hydrogen) atoms. The molecule has 100 valence electrons. The van der Waals surface area contributed by atoms with Gasteiger partial charge in [0.2, 0.25) is 11.8 Å². The van der Waals surface area contributed by atoms with Gasteiger partial charge in [0.25, 0.3) is 0 Å². The van der Waals surface area contributed by atoms with E-state index >= 15 is 0 Å². The van der Waals surface area contributed by atoms with Crippen molar-refractivity contribution < 1.29 is 14.4 Å². The molecular weight excluding hydrogens is 232 g/mol. The first kappa shape index (κ1) is 14.4. The lowest BCUT2D eigenvalue weighted by molar-refractivity contribution is -0.148. The molecule has 0 aromatic rings. The molecule has 0 aromatic carbocycles. The molecule has 0 aliphatic carbocycles. The first-order valence-electron chi connectivity index (χ1n) is 6.12. The highest BCUT2D eigenvalue weighted by atomic mass is 16.2. The number of imide groups is 2. The maximum absolute atomic E-state index is 12.1. The van der Waals surface area contributed by atoms with Crippen LogP contribution < -0.4 is 10.6 Å². The Hall–Kier alpha value is -1.65. The zero-order valence-corrected chi connectivity index (χ0v) is 11.1. The lowest BCUT2D eigenvalue weighted by atomic mass is 9.68. The number of rotatable bonds is 5. The molecule has 1 atom stereocenters. The van der Waals surface area contributed by atoms with Crippen molar-refractivity contribution in [2.75, 3.05) is 0 Å². The second-order valence-corrected chi connectivity index (χ2v) is 5.23. The molecule has 1 fully saturated rings. The number of urea groups is 1. The predicted octanol–water partition coefficient (Wildman–Crippen LogP) is 1.60. The number of barbiturate groups is 1. The van der Waals surface area contributed by atoms with Gasteiger partial charge in [0.05, 0.1) is 0 Å². The van der Waals surface area contributed by atoms with Crippen molar-refractivity contribution in [3.05, 3.63) is 12.7 Å². The Morgan fingerprint density at radius 2 is 1.67 bits per heavy atom. The molecule has 5 nitrogen and oxygen atoms in total. The van der Waals surface area contributed by atoms with Gasteiger partial charge in [-0.15, -0.1) is 6.58 Å². The van der Waals surface area contributed by atoms with Crippen molar-refractivity contribution in [2.45, 2.75) is 33.6 Å². The Labute approximate surface area is 107 Å². The third-order valence-corrected chi connectivity index (χ3v) is 3.40. The van der Waals surface area contributed by atoms with Crippen LogP contribution in [0.2, 0.25) is 0 Å². The highest BCUT2D eigenvalue weighted by Gasteiger charge is 2.52. The largest absolute Gasteiger partial charge is 0.328 e. The Balaban J connectivity index is 3.11. The van der Waals surface area contributed by atoms with Crippen LogP contribution in [0.4, 0.5) is 4.79 Å². The van der Waals surface area contributed by atoms with Gasteiger partial charge in [-0.3, -0.25) is 20.2 Å². The zero-order chi connectivity index (χ0) is 13.9. The van der Waals surface area contributed by atoms with E-state index in [1.165, 1.54) is 0 Å². The zero-order valence-electron chi connectivity index (χ0n) is 11.1. The smallest absolute Gasteiger partial charge is 0.277 e. The summed E-state index contributed by atoms with van der Waals surface area (Å²) in [6.45, 7) is 9.52. The summed E-state index contributed by atoms with van der Waals surface area (Å²) in [6.07, 6.45) is 2.50. The Morgan fingerprint density at radius 1 is 1.17 bits per heavy atom. The molecule has 2 N–H and O–H groups in total. The first-order chi connectivity index (χ1) is 8.34. The van der Waals surface area contributed by atoms with Crippen molar-refractivity contribution in [3.63, 3.8) is 0 Å². The quantitative estimate of drug-likeness (QED) is 0.576. The van der Waals surface area contributed by atoms with E-state index in [1.807, 2.05) is 20.8 Å². The molecule has 1 unspecified atom stereocenters. The molecule has 5 heteroatoms. The lowest BCUT2D eigenvalue weighted by Crippen LogP contribution is -2.64. The van der Waals surface area contributed by atoms with E-state index in [1.54, 1.807) is 6.08 Å². The summed E-state index contributed by atoms with van der Waals surface area (Å²) in [5.41, 5.74) is -1.22. The number of amides is 4. The molecule has 0 bridgehead atoms. The van der Waals surface area contributed by atoms with E-state index < -0.39 is 23.3 Å². The van der Waals surface area contributed by atoms with Gasteiger partial charge in [0, 0.05) is 0 Å². The van der Waals surface area contributed by atoms with Gasteiger partial charge < -0.3 is 0 Å². The summed E-state index contributed by atoms with van der Waals surface area (Å²) in [5.74, 6) is -0.850. The van der Waals surface area contributed by atoms with Crippen LogP contribution in [0.3, 0.4) is 0 Å². The highest BCUT2D eigenvalue weighted by Crippen LogP contribution is 2.38. The molecule has 0 aromatic heterocycles. The minimum Gasteiger partial charge on any atom is -0.277 e. The van der Waals surface area contributed by atoms with Crippen molar-refractivity contribution in [1.82, 2.24) is 10.6 Å². The van der Waals surface area contributed by atoms with E-state index in [4.69, 9.17) is 0 Å². The number of carbonyl (C=O) groups is 3. The molecule has 1 aliphatic heterocycles. The van der Waals surface area contributed by atoms with Crippen LogP contribution in [0.15, 0.2) is 12.7 Å². The fourth-order valence-corrected chi connectivity index (χ4v) is 2.53. The second kappa shape index (κ2) is 5.33. The van der Waals surface area contributed by atoms with E-state index in [9.17, 15) is 14.4 Å². The van der Waals surface area contributed by atoms with Gasteiger partial charge in [0.1, 0.15) is 5.41 Å². The summed E-state index contributed by atoms with van der Waals surface area (Å²) < 4.78 is 0. The van der Waals surface area contributed by atoms with Crippen LogP contribution in [0, 0.1) is 17.3 Å². The topological polar surface area (TPSA) is 75.3 Å². The maximum atomic E-state index is 12.1. The van der Waals surface area contributed by atoms with Gasteiger partial charge in [0.15, 0.2) is 0 Å². The van der Waals surface area contributed by atoms with Crippen molar-refractivity contribution >= 4 is 17.8 Å². The van der Waals surface area contributed by atoms with Gasteiger partial charge in [-0.2, -0.15) is 0 Å². The van der Waals surface area contributed by atoms with Crippen LogP contribution in [0.5, 0.6) is 0 Å². The highest BCUT2D eigenvalue weighted by molar-refractivity contribution is 6.19. The molecule has 4 amide bonds. The Bertz CT molecular complexity index is 368.